The van der Waals surface area contributed by atoms with Crippen molar-refractivity contribution in [3.63, 3.8) is 0 Å². The molecule has 1 saturated carbocycles. The van der Waals surface area contributed by atoms with E-state index in [9.17, 15) is 10.2 Å². The van der Waals surface area contributed by atoms with Gasteiger partial charge in [0, 0.05) is 11.6 Å². The summed E-state index contributed by atoms with van der Waals surface area (Å²) in [6, 6.07) is 4.36. The number of nitrogens with two attached hydrogens (primary N) is 1. The first-order valence-electron chi connectivity index (χ1n) is 6.94. The van der Waals surface area contributed by atoms with Crippen molar-refractivity contribution in [3.05, 3.63) is 23.8 Å². The quantitative estimate of drug-likeness (QED) is 0.781. The van der Waals surface area contributed by atoms with Crippen LogP contribution in [0.3, 0.4) is 0 Å². The zero-order valence-electron chi connectivity index (χ0n) is 11.4. The van der Waals surface area contributed by atoms with Gasteiger partial charge in [-0.2, -0.15) is 0 Å². The Kier molecular flexibility index (Phi) is 4.66. The van der Waals surface area contributed by atoms with E-state index < -0.39 is 12.1 Å². The van der Waals surface area contributed by atoms with Gasteiger partial charge in [-0.25, -0.2) is 0 Å². The normalized spacial score (nSPS) is 19.9. The summed E-state index contributed by atoms with van der Waals surface area (Å²) in [7, 11) is 1.54. The average Bonchev–Trinajstić information content (AvgIpc) is 2.46. The molecule has 1 fully saturated rings. The molecule has 0 aliphatic heterocycles. The molecule has 0 saturated heterocycles. The van der Waals surface area contributed by atoms with E-state index in [1.54, 1.807) is 12.1 Å². The van der Waals surface area contributed by atoms with Gasteiger partial charge < -0.3 is 20.7 Å². The third kappa shape index (κ3) is 3.19. The monoisotopic (exact) mass is 265 g/mol. The molecule has 0 radical (unpaired) electrons. The van der Waals surface area contributed by atoms with Crippen molar-refractivity contribution in [2.75, 3.05) is 7.11 Å². The number of ether oxygens (including phenoxy) is 1. The summed E-state index contributed by atoms with van der Waals surface area (Å²) in [5, 5.41) is 19.9. The van der Waals surface area contributed by atoms with Crippen LogP contribution in [0.1, 0.15) is 43.7 Å². The predicted molar refractivity (Wildman–Crippen MR) is 74.2 cm³/mol. The number of aromatic hydroxyl groups is 1. The molecule has 0 aromatic heterocycles. The van der Waals surface area contributed by atoms with Gasteiger partial charge in [0.05, 0.1) is 19.3 Å². The number of phenolic OH excluding ortho intramolecular Hbond substituents is 1. The fourth-order valence-corrected chi connectivity index (χ4v) is 2.93. The maximum absolute atomic E-state index is 10.4. The molecule has 0 heterocycles. The predicted octanol–water partition coefficient (Wildman–Crippen LogP) is 2.34. The maximum atomic E-state index is 10.4. The van der Waals surface area contributed by atoms with Crippen molar-refractivity contribution in [2.24, 2.45) is 11.7 Å². The van der Waals surface area contributed by atoms with Crippen LogP contribution < -0.4 is 10.5 Å². The Bertz CT molecular complexity index is 416. The summed E-state index contributed by atoms with van der Waals surface area (Å²) in [4.78, 5) is 0. The zero-order valence-corrected chi connectivity index (χ0v) is 11.4. The molecular formula is C15H23NO3. The largest absolute Gasteiger partial charge is 0.508 e. The van der Waals surface area contributed by atoms with E-state index in [4.69, 9.17) is 10.5 Å². The van der Waals surface area contributed by atoms with Crippen LogP contribution in [0.15, 0.2) is 18.2 Å². The second kappa shape index (κ2) is 6.26. The summed E-state index contributed by atoms with van der Waals surface area (Å²) in [5.74, 6) is 0.935. The number of aliphatic hydroxyl groups is 1. The minimum Gasteiger partial charge on any atom is -0.508 e. The molecule has 19 heavy (non-hydrogen) atoms. The number of aliphatic hydroxyl groups excluding tert-OH is 1. The second-order valence-corrected chi connectivity index (χ2v) is 5.34. The smallest absolute Gasteiger partial charge is 0.127 e. The molecule has 1 aliphatic rings. The lowest BCUT2D eigenvalue weighted by molar-refractivity contribution is 0.0610. The number of hydrogen-bond acceptors (Lipinski definition) is 4. The number of rotatable bonds is 4. The van der Waals surface area contributed by atoms with Gasteiger partial charge in [0.2, 0.25) is 0 Å². The van der Waals surface area contributed by atoms with Crippen LogP contribution in [0.4, 0.5) is 0 Å². The molecule has 2 atom stereocenters. The van der Waals surface area contributed by atoms with Gasteiger partial charge in [-0.1, -0.05) is 19.3 Å². The molecule has 0 spiro atoms. The van der Waals surface area contributed by atoms with Gasteiger partial charge >= 0.3 is 0 Å². The molecule has 0 amide bonds. The van der Waals surface area contributed by atoms with Gasteiger partial charge in [-0.3, -0.25) is 0 Å². The zero-order chi connectivity index (χ0) is 13.8. The van der Waals surface area contributed by atoms with Crippen LogP contribution in [0.2, 0.25) is 0 Å². The van der Waals surface area contributed by atoms with Gasteiger partial charge in [-0.05, 0) is 30.9 Å². The Labute approximate surface area is 114 Å². The minimum absolute atomic E-state index is 0.139. The molecule has 1 aliphatic carbocycles. The summed E-state index contributed by atoms with van der Waals surface area (Å²) >= 11 is 0. The third-order valence-electron chi connectivity index (χ3n) is 4.08. The Morgan fingerprint density at radius 3 is 2.58 bits per heavy atom. The standard InChI is InChI=1S/C15H23NO3/c1-19-13-9-11(17)7-8-12(13)14(16)15(18)10-5-3-2-4-6-10/h7-10,14-15,17-18H,2-6,16H2,1H3/t14-,15+/m1/s1. The van der Waals surface area contributed by atoms with E-state index in [1.807, 2.05) is 0 Å². The third-order valence-corrected chi connectivity index (χ3v) is 4.08. The highest BCUT2D eigenvalue weighted by molar-refractivity contribution is 5.42. The Hall–Kier alpha value is -1.26. The Balaban J connectivity index is 2.15. The van der Waals surface area contributed by atoms with E-state index in [0.29, 0.717) is 5.75 Å². The van der Waals surface area contributed by atoms with Gasteiger partial charge in [0.25, 0.3) is 0 Å². The summed E-state index contributed by atoms with van der Waals surface area (Å²) in [6.07, 6.45) is 5.10. The van der Waals surface area contributed by atoms with Crippen LogP contribution in [0, 0.1) is 5.92 Å². The maximum Gasteiger partial charge on any atom is 0.127 e. The first-order chi connectivity index (χ1) is 9.13. The van der Waals surface area contributed by atoms with Crippen LogP contribution in [0.5, 0.6) is 11.5 Å². The number of phenols is 1. The topological polar surface area (TPSA) is 75.7 Å². The summed E-state index contributed by atoms with van der Waals surface area (Å²) in [5.41, 5.74) is 6.93. The Morgan fingerprint density at radius 1 is 1.26 bits per heavy atom. The van der Waals surface area contributed by atoms with Crippen molar-refractivity contribution in [2.45, 2.75) is 44.2 Å². The molecule has 0 bridgehead atoms. The highest BCUT2D eigenvalue weighted by atomic mass is 16.5. The molecule has 4 heteroatoms. The fourth-order valence-electron chi connectivity index (χ4n) is 2.93. The van der Waals surface area contributed by atoms with Gasteiger partial charge in [0.15, 0.2) is 0 Å². The molecule has 1 aromatic carbocycles. The second-order valence-electron chi connectivity index (χ2n) is 5.34. The summed E-state index contributed by atoms with van der Waals surface area (Å²) in [6.45, 7) is 0. The van der Waals surface area contributed by atoms with E-state index >= 15 is 0 Å². The summed E-state index contributed by atoms with van der Waals surface area (Å²) < 4.78 is 5.23. The van der Waals surface area contributed by atoms with E-state index in [2.05, 4.69) is 0 Å². The highest BCUT2D eigenvalue weighted by Gasteiger charge is 2.29. The highest BCUT2D eigenvalue weighted by Crippen LogP contribution is 2.35. The molecule has 4 nitrogen and oxygen atoms in total. The van der Waals surface area contributed by atoms with Crippen molar-refractivity contribution >= 4 is 0 Å². The van der Waals surface area contributed by atoms with Crippen molar-refractivity contribution < 1.29 is 14.9 Å². The fraction of sp³-hybridized carbons (Fsp3) is 0.600. The molecule has 0 unspecified atom stereocenters. The Morgan fingerprint density at radius 2 is 1.95 bits per heavy atom. The number of methoxy groups -OCH3 is 1. The van der Waals surface area contributed by atoms with Gasteiger partial charge in [-0.15, -0.1) is 0 Å². The van der Waals surface area contributed by atoms with E-state index in [-0.39, 0.29) is 11.7 Å². The molecule has 4 N–H and O–H groups in total. The van der Waals surface area contributed by atoms with Crippen LogP contribution in [-0.2, 0) is 0 Å². The lowest BCUT2D eigenvalue weighted by atomic mass is 9.81. The first-order valence-corrected chi connectivity index (χ1v) is 6.94. The van der Waals surface area contributed by atoms with Crippen molar-refractivity contribution in [1.82, 2.24) is 0 Å². The lowest BCUT2D eigenvalue weighted by Crippen LogP contribution is -2.34. The van der Waals surface area contributed by atoms with Crippen molar-refractivity contribution in [3.8, 4) is 11.5 Å². The van der Waals surface area contributed by atoms with Crippen molar-refractivity contribution in [1.29, 1.82) is 0 Å². The molecule has 1 aromatic rings. The molecular weight excluding hydrogens is 242 g/mol. The SMILES string of the molecule is COc1cc(O)ccc1[C@@H](N)[C@@H](O)C1CCCCC1. The van der Waals surface area contributed by atoms with Crippen LogP contribution in [-0.4, -0.2) is 23.4 Å². The average molecular weight is 265 g/mol. The van der Waals surface area contributed by atoms with E-state index in [0.717, 1.165) is 18.4 Å². The number of hydrogen-bond donors (Lipinski definition) is 3. The minimum atomic E-state index is -0.557. The molecule has 2 rings (SSSR count). The van der Waals surface area contributed by atoms with Crippen LogP contribution in [0.25, 0.3) is 0 Å². The lowest BCUT2D eigenvalue weighted by Gasteiger charge is -2.31. The van der Waals surface area contributed by atoms with Gasteiger partial charge in [0.1, 0.15) is 11.5 Å². The van der Waals surface area contributed by atoms with Crippen LogP contribution >= 0.6 is 0 Å². The number of benzene rings is 1. The first kappa shape index (κ1) is 14.2. The molecule has 106 valence electrons. The van der Waals surface area contributed by atoms with E-state index in [1.165, 1.54) is 32.4 Å².